The van der Waals surface area contributed by atoms with E-state index in [-0.39, 0.29) is 12.1 Å². The van der Waals surface area contributed by atoms with Gasteiger partial charge in [-0.25, -0.2) is 8.78 Å². The number of carbonyl (C=O) groups excluding carboxylic acids is 1. The second kappa shape index (κ2) is 6.26. The predicted molar refractivity (Wildman–Crippen MR) is 80.9 cm³/mol. The fourth-order valence-corrected chi connectivity index (χ4v) is 3.02. The summed E-state index contributed by atoms with van der Waals surface area (Å²) in [6, 6.07) is 3.24. The van der Waals surface area contributed by atoms with Crippen LogP contribution in [0.2, 0.25) is 0 Å². The molecule has 0 unspecified atom stereocenters. The Balaban J connectivity index is 2.27. The predicted octanol–water partition coefficient (Wildman–Crippen LogP) is 3.00. The Morgan fingerprint density at radius 2 is 1.87 bits per heavy atom. The third-order valence-electron chi connectivity index (χ3n) is 4.61. The van der Waals surface area contributed by atoms with Crippen molar-refractivity contribution in [1.29, 1.82) is 0 Å². The highest BCUT2D eigenvalue weighted by molar-refractivity contribution is 5.89. The number of rotatable bonds is 5. The molecule has 6 heteroatoms. The number of benzene rings is 1. The Morgan fingerprint density at radius 1 is 1.26 bits per heavy atom. The minimum atomic E-state index is -1.11. The van der Waals surface area contributed by atoms with Crippen molar-refractivity contribution < 1.29 is 23.5 Å². The van der Waals surface area contributed by atoms with Crippen LogP contribution in [0.1, 0.15) is 45.1 Å². The molecule has 0 radical (unpaired) electrons. The highest BCUT2D eigenvalue weighted by Crippen LogP contribution is 2.42. The van der Waals surface area contributed by atoms with Crippen LogP contribution in [0.5, 0.6) is 0 Å². The summed E-state index contributed by atoms with van der Waals surface area (Å²) < 4.78 is 27.3. The molecule has 126 valence electrons. The molecule has 0 saturated heterocycles. The molecule has 4 nitrogen and oxygen atoms in total. The van der Waals surface area contributed by atoms with Gasteiger partial charge in [0.05, 0.1) is 10.8 Å². The van der Waals surface area contributed by atoms with E-state index in [0.29, 0.717) is 12.8 Å². The lowest BCUT2D eigenvalue weighted by molar-refractivity contribution is -0.147. The minimum Gasteiger partial charge on any atom is -0.481 e. The molecule has 23 heavy (non-hydrogen) atoms. The fraction of sp³-hybridized carbons (Fsp3) is 0.529. The summed E-state index contributed by atoms with van der Waals surface area (Å²) in [5.74, 6) is -2.84. The van der Waals surface area contributed by atoms with E-state index in [0.717, 1.165) is 25.0 Å². The van der Waals surface area contributed by atoms with Gasteiger partial charge in [0.1, 0.15) is 11.6 Å². The summed E-state index contributed by atoms with van der Waals surface area (Å²) in [4.78, 5) is 23.9. The number of nitrogens with one attached hydrogen (secondary N) is 1. The van der Waals surface area contributed by atoms with E-state index in [4.69, 9.17) is 5.11 Å². The van der Waals surface area contributed by atoms with Crippen LogP contribution < -0.4 is 5.32 Å². The zero-order valence-electron chi connectivity index (χ0n) is 13.3. The fourth-order valence-electron chi connectivity index (χ4n) is 3.02. The molecule has 0 spiro atoms. The van der Waals surface area contributed by atoms with Gasteiger partial charge >= 0.3 is 5.97 Å². The smallest absolute Gasteiger partial charge is 0.310 e. The first-order valence-electron chi connectivity index (χ1n) is 7.66. The van der Waals surface area contributed by atoms with Crippen molar-refractivity contribution in [3.8, 4) is 0 Å². The number of amides is 1. The van der Waals surface area contributed by atoms with Crippen LogP contribution in [0.3, 0.4) is 0 Å². The monoisotopic (exact) mass is 325 g/mol. The summed E-state index contributed by atoms with van der Waals surface area (Å²) in [6.45, 7) is 2.97. The van der Waals surface area contributed by atoms with E-state index >= 15 is 0 Å². The molecule has 0 aromatic heterocycles. The molecule has 1 aromatic carbocycles. The zero-order valence-corrected chi connectivity index (χ0v) is 13.3. The van der Waals surface area contributed by atoms with E-state index in [2.05, 4.69) is 5.32 Å². The highest BCUT2D eigenvalue weighted by Gasteiger charge is 2.45. The first kappa shape index (κ1) is 17.4. The molecule has 0 heterocycles. The van der Waals surface area contributed by atoms with Crippen LogP contribution in [0.4, 0.5) is 8.78 Å². The summed E-state index contributed by atoms with van der Waals surface area (Å²) in [5.41, 5.74) is -1.98. The molecular formula is C17H21F2NO3. The van der Waals surface area contributed by atoms with E-state index in [1.54, 1.807) is 0 Å². The minimum absolute atomic E-state index is 0.0499. The van der Waals surface area contributed by atoms with Crippen molar-refractivity contribution in [2.75, 3.05) is 6.54 Å². The Kier molecular flexibility index (Phi) is 4.73. The Labute approximate surface area is 133 Å². The van der Waals surface area contributed by atoms with Crippen LogP contribution in [-0.2, 0) is 15.0 Å². The maximum atomic E-state index is 14.2. The lowest BCUT2D eigenvalue weighted by Gasteiger charge is -2.30. The topological polar surface area (TPSA) is 66.4 Å². The first-order chi connectivity index (χ1) is 10.7. The molecule has 1 saturated carbocycles. The average Bonchev–Trinajstić information content (AvgIpc) is 2.95. The quantitative estimate of drug-likeness (QED) is 0.874. The number of carbonyl (C=O) groups is 2. The molecule has 0 bridgehead atoms. The van der Waals surface area contributed by atoms with Crippen LogP contribution in [0.25, 0.3) is 0 Å². The zero-order chi connectivity index (χ0) is 17.3. The van der Waals surface area contributed by atoms with Crippen LogP contribution in [0.15, 0.2) is 18.2 Å². The van der Waals surface area contributed by atoms with E-state index in [9.17, 15) is 18.4 Å². The van der Waals surface area contributed by atoms with Crippen molar-refractivity contribution in [3.63, 3.8) is 0 Å². The Morgan fingerprint density at radius 3 is 2.39 bits per heavy atom. The van der Waals surface area contributed by atoms with Crippen LogP contribution in [0, 0.1) is 17.0 Å². The molecule has 2 rings (SSSR count). The maximum Gasteiger partial charge on any atom is 0.310 e. The molecule has 1 aliphatic carbocycles. The van der Waals surface area contributed by atoms with Crippen molar-refractivity contribution in [2.45, 2.75) is 44.9 Å². The number of hydrogen-bond acceptors (Lipinski definition) is 2. The summed E-state index contributed by atoms with van der Waals surface area (Å²) in [7, 11) is 0. The molecule has 0 aliphatic heterocycles. The summed E-state index contributed by atoms with van der Waals surface area (Å²) in [5, 5.41) is 11.8. The van der Waals surface area contributed by atoms with E-state index < -0.39 is 34.3 Å². The van der Waals surface area contributed by atoms with E-state index in [1.165, 1.54) is 19.9 Å². The van der Waals surface area contributed by atoms with Gasteiger partial charge in [-0.3, -0.25) is 9.59 Å². The highest BCUT2D eigenvalue weighted by atomic mass is 19.1. The van der Waals surface area contributed by atoms with Crippen LogP contribution in [-0.4, -0.2) is 23.5 Å². The number of carboxylic acids is 1. The molecule has 1 amide bonds. The Hall–Kier alpha value is -1.98. The summed E-state index contributed by atoms with van der Waals surface area (Å²) in [6.07, 6.45) is 2.48. The van der Waals surface area contributed by atoms with Gasteiger partial charge in [-0.15, -0.1) is 0 Å². The van der Waals surface area contributed by atoms with Gasteiger partial charge in [-0.2, -0.15) is 0 Å². The molecular weight excluding hydrogens is 304 g/mol. The largest absolute Gasteiger partial charge is 0.481 e. The second-order valence-electron chi connectivity index (χ2n) is 6.79. The molecule has 2 N–H and O–H groups in total. The molecule has 1 aromatic rings. The van der Waals surface area contributed by atoms with Crippen molar-refractivity contribution in [3.05, 3.63) is 35.4 Å². The SMILES string of the molecule is CC(C)(CNC(=O)C1(c2ccc(F)cc2F)CCCC1)C(=O)O. The van der Waals surface area contributed by atoms with Gasteiger partial charge in [-0.1, -0.05) is 18.9 Å². The van der Waals surface area contributed by atoms with Gasteiger partial charge in [0, 0.05) is 18.2 Å². The maximum absolute atomic E-state index is 14.2. The normalized spacial score (nSPS) is 17.0. The number of halogens is 2. The van der Waals surface area contributed by atoms with Gasteiger partial charge < -0.3 is 10.4 Å². The number of carboxylic acid groups (broad SMARTS) is 1. The van der Waals surface area contributed by atoms with Gasteiger partial charge in [0.2, 0.25) is 5.91 Å². The first-order valence-corrected chi connectivity index (χ1v) is 7.66. The van der Waals surface area contributed by atoms with Gasteiger partial charge in [0.25, 0.3) is 0 Å². The molecule has 1 aliphatic rings. The molecule has 0 atom stereocenters. The molecule has 1 fully saturated rings. The third-order valence-corrected chi connectivity index (χ3v) is 4.61. The lowest BCUT2D eigenvalue weighted by Crippen LogP contribution is -2.47. The third kappa shape index (κ3) is 3.35. The van der Waals surface area contributed by atoms with Gasteiger partial charge in [-0.05, 0) is 32.8 Å². The van der Waals surface area contributed by atoms with Crippen molar-refractivity contribution in [2.24, 2.45) is 5.41 Å². The lowest BCUT2D eigenvalue weighted by atomic mass is 9.77. The Bertz CT molecular complexity index is 622. The van der Waals surface area contributed by atoms with E-state index in [1.807, 2.05) is 0 Å². The number of aliphatic carboxylic acids is 1. The summed E-state index contributed by atoms with van der Waals surface area (Å²) >= 11 is 0. The standard InChI is InChI=1S/C17H21F2NO3/c1-16(2,15(22)23)10-20-14(21)17(7-3-4-8-17)12-6-5-11(18)9-13(12)19/h5-6,9H,3-4,7-8,10H2,1-2H3,(H,20,21)(H,22,23). The second-order valence-corrected chi connectivity index (χ2v) is 6.79. The average molecular weight is 325 g/mol. The van der Waals surface area contributed by atoms with Crippen LogP contribution >= 0.6 is 0 Å². The van der Waals surface area contributed by atoms with Crippen molar-refractivity contribution >= 4 is 11.9 Å². The van der Waals surface area contributed by atoms with Crippen molar-refractivity contribution in [1.82, 2.24) is 5.32 Å². The number of hydrogen-bond donors (Lipinski definition) is 2. The van der Waals surface area contributed by atoms with Gasteiger partial charge in [0.15, 0.2) is 0 Å².